The lowest BCUT2D eigenvalue weighted by atomic mass is 9.86. The van der Waals surface area contributed by atoms with Crippen molar-refractivity contribution in [1.29, 1.82) is 0 Å². The van der Waals surface area contributed by atoms with Crippen LogP contribution in [0, 0.1) is 6.57 Å². The minimum Gasteiger partial charge on any atom is -0.256 e. The second-order valence-electron chi connectivity index (χ2n) is 12.9. The van der Waals surface area contributed by atoms with Crippen LogP contribution in [0.3, 0.4) is 0 Å². The molecule has 0 fully saturated rings. The molecule has 4 heteroatoms. The summed E-state index contributed by atoms with van der Waals surface area (Å²) < 4.78 is 2.43. The van der Waals surface area contributed by atoms with Crippen molar-refractivity contribution < 1.29 is 0 Å². The van der Waals surface area contributed by atoms with Crippen LogP contribution in [0.15, 0.2) is 164 Å². The van der Waals surface area contributed by atoms with E-state index < -0.39 is 0 Å². The minimum atomic E-state index is 0.670. The van der Waals surface area contributed by atoms with Crippen LogP contribution in [-0.2, 0) is 0 Å². The van der Waals surface area contributed by atoms with Crippen molar-refractivity contribution in [3.05, 3.63) is 175 Å². The molecule has 0 saturated carbocycles. The van der Waals surface area contributed by atoms with E-state index in [-0.39, 0.29) is 0 Å². The highest BCUT2D eigenvalue weighted by molar-refractivity contribution is 7.25. The highest BCUT2D eigenvalue weighted by atomic mass is 32.1. The summed E-state index contributed by atoms with van der Waals surface area (Å²) in [5.74, 6) is 0. The lowest BCUT2D eigenvalue weighted by Crippen LogP contribution is -1.91. The van der Waals surface area contributed by atoms with Gasteiger partial charge in [-0.05, 0) is 138 Å². The Labute approximate surface area is 298 Å². The van der Waals surface area contributed by atoms with Gasteiger partial charge >= 0.3 is 0 Å². The van der Waals surface area contributed by atoms with Gasteiger partial charge in [0.1, 0.15) is 0 Å². The fourth-order valence-corrected chi connectivity index (χ4v) is 8.64. The summed E-state index contributed by atoms with van der Waals surface area (Å²) in [5.41, 5.74) is 9.30. The number of rotatable bonds is 4. The highest BCUT2D eigenvalue weighted by Gasteiger charge is 2.17. The fourth-order valence-electron chi connectivity index (χ4n) is 7.58. The molecule has 0 aliphatic heterocycles. The van der Waals surface area contributed by atoms with Crippen LogP contribution in [-0.4, -0.2) is 9.97 Å². The molecular formula is C47H27N3S. The van der Waals surface area contributed by atoms with Gasteiger partial charge in [-0.3, -0.25) is 9.97 Å². The van der Waals surface area contributed by atoms with E-state index in [1.54, 1.807) is 11.3 Å². The molecule has 0 atom stereocenters. The predicted molar refractivity (Wildman–Crippen MR) is 215 cm³/mol. The van der Waals surface area contributed by atoms with Gasteiger partial charge in [0, 0.05) is 32.9 Å². The molecule has 0 N–H and O–H groups in total. The third-order valence-corrected chi connectivity index (χ3v) is 11.1. The van der Waals surface area contributed by atoms with Gasteiger partial charge in [-0.15, -0.1) is 11.3 Å². The second-order valence-corrected chi connectivity index (χ2v) is 14.0. The number of nitrogens with zero attached hydrogens (tertiary/aromatic N) is 3. The molecule has 10 rings (SSSR count). The van der Waals surface area contributed by atoms with E-state index in [9.17, 15) is 0 Å². The van der Waals surface area contributed by atoms with Gasteiger partial charge in [0.2, 0.25) is 0 Å². The van der Waals surface area contributed by atoms with Crippen molar-refractivity contribution >= 4 is 69.5 Å². The van der Waals surface area contributed by atoms with Crippen molar-refractivity contribution in [2.75, 3.05) is 0 Å². The van der Waals surface area contributed by atoms with E-state index in [0.717, 1.165) is 33.5 Å². The van der Waals surface area contributed by atoms with Crippen LogP contribution in [0.1, 0.15) is 0 Å². The summed E-state index contributed by atoms with van der Waals surface area (Å²) in [4.78, 5) is 13.1. The lowest BCUT2D eigenvalue weighted by Gasteiger charge is -2.17. The zero-order valence-electron chi connectivity index (χ0n) is 27.3. The third-order valence-electron chi connectivity index (χ3n) is 9.94. The van der Waals surface area contributed by atoms with Gasteiger partial charge in [-0.25, -0.2) is 4.85 Å². The van der Waals surface area contributed by atoms with Crippen LogP contribution < -0.4 is 0 Å². The van der Waals surface area contributed by atoms with Crippen molar-refractivity contribution in [1.82, 2.24) is 9.97 Å². The third kappa shape index (κ3) is 4.87. The normalized spacial score (nSPS) is 11.5. The van der Waals surface area contributed by atoms with Crippen molar-refractivity contribution in [2.45, 2.75) is 0 Å². The molecule has 0 radical (unpaired) electrons. The van der Waals surface area contributed by atoms with E-state index in [1.165, 1.54) is 63.8 Å². The van der Waals surface area contributed by atoms with Gasteiger partial charge in [-0.1, -0.05) is 78.9 Å². The largest absolute Gasteiger partial charge is 0.256 e. The number of hydrogen-bond acceptors (Lipinski definition) is 3. The van der Waals surface area contributed by atoms with Crippen LogP contribution in [0.2, 0.25) is 0 Å². The highest BCUT2D eigenvalue weighted by Crippen LogP contribution is 2.44. The quantitative estimate of drug-likeness (QED) is 0.138. The van der Waals surface area contributed by atoms with E-state index in [0.29, 0.717) is 5.69 Å². The molecule has 7 aromatic carbocycles. The SMILES string of the molecule is [C-]#[N+]c1ccc2sc3ccc(-c4cc5c6ccccc6c(-c6cc(-c7ccccn7)cc(-c7ccccn7)c6)cc5c5ccccc45)cc3c2c1. The van der Waals surface area contributed by atoms with Gasteiger partial charge < -0.3 is 0 Å². The fraction of sp³-hybridized carbons (Fsp3) is 0. The number of fused-ring (bicyclic) bond motifs is 8. The van der Waals surface area contributed by atoms with Crippen molar-refractivity contribution in [2.24, 2.45) is 0 Å². The summed E-state index contributed by atoms with van der Waals surface area (Å²) in [6.07, 6.45) is 3.70. The smallest absolute Gasteiger partial charge is 0.187 e. The van der Waals surface area contributed by atoms with Crippen LogP contribution in [0.5, 0.6) is 0 Å². The standard InChI is InChI=1S/C47H27N3S/c1-48-33-17-19-47-43(26-33)42-25-29(16-18-46(42)51-47)38-27-40-37-13-5-3-11-35(37)39(28-41(40)36-12-4-2-10-34(36)38)30-22-31(44-14-6-8-20-49-44)24-32(23-30)45-15-7-9-21-50-45/h2-28H. The minimum absolute atomic E-state index is 0.670. The average Bonchev–Trinajstić information content (AvgIpc) is 3.58. The Bertz CT molecular complexity index is 2970. The summed E-state index contributed by atoms with van der Waals surface area (Å²) in [5, 5.41) is 9.61. The molecule has 3 nitrogen and oxygen atoms in total. The summed E-state index contributed by atoms with van der Waals surface area (Å²) in [6, 6.07) is 53.9. The first-order chi connectivity index (χ1) is 25.2. The number of thiophene rings is 1. The Morgan fingerprint density at radius 2 is 0.902 bits per heavy atom. The van der Waals surface area contributed by atoms with Crippen molar-refractivity contribution in [3.8, 4) is 44.8 Å². The summed E-state index contributed by atoms with van der Waals surface area (Å²) in [7, 11) is 0. The summed E-state index contributed by atoms with van der Waals surface area (Å²) >= 11 is 1.78. The van der Waals surface area contributed by atoms with E-state index in [2.05, 4.69) is 120 Å². The maximum absolute atomic E-state index is 7.58. The molecule has 3 aromatic heterocycles. The Hall–Kier alpha value is -6.67. The molecular weight excluding hydrogens is 639 g/mol. The molecule has 0 bridgehead atoms. The monoisotopic (exact) mass is 665 g/mol. The molecule has 0 amide bonds. The van der Waals surface area contributed by atoms with Crippen LogP contribution >= 0.6 is 11.3 Å². The number of aromatic nitrogens is 2. The van der Waals surface area contributed by atoms with E-state index >= 15 is 0 Å². The van der Waals surface area contributed by atoms with Gasteiger partial charge in [0.15, 0.2) is 5.69 Å². The topological polar surface area (TPSA) is 30.1 Å². The number of hydrogen-bond donors (Lipinski definition) is 0. The lowest BCUT2D eigenvalue weighted by molar-refractivity contribution is 1.31. The first-order valence-electron chi connectivity index (χ1n) is 16.9. The van der Waals surface area contributed by atoms with Gasteiger partial charge in [-0.2, -0.15) is 0 Å². The Morgan fingerprint density at radius 1 is 0.392 bits per heavy atom. The maximum atomic E-state index is 7.58. The zero-order valence-corrected chi connectivity index (χ0v) is 28.2. The van der Waals surface area contributed by atoms with Gasteiger partial charge in [0.25, 0.3) is 0 Å². The Balaban J connectivity index is 1.25. The van der Waals surface area contributed by atoms with E-state index in [1.807, 2.05) is 48.8 Å². The average molecular weight is 666 g/mol. The Morgan fingerprint density at radius 3 is 1.47 bits per heavy atom. The predicted octanol–water partition coefficient (Wildman–Crippen LogP) is 13.5. The first kappa shape index (κ1) is 29.3. The number of benzene rings is 7. The molecule has 10 aromatic rings. The zero-order chi connectivity index (χ0) is 33.9. The molecule has 0 aliphatic carbocycles. The van der Waals surface area contributed by atoms with E-state index in [4.69, 9.17) is 16.5 Å². The van der Waals surface area contributed by atoms with Crippen LogP contribution in [0.25, 0.3) is 102 Å². The molecule has 0 saturated heterocycles. The number of pyridine rings is 2. The second kappa shape index (κ2) is 11.7. The Kier molecular flexibility index (Phi) is 6.74. The van der Waals surface area contributed by atoms with Crippen LogP contribution in [0.4, 0.5) is 5.69 Å². The maximum Gasteiger partial charge on any atom is 0.187 e. The molecule has 3 heterocycles. The molecule has 0 spiro atoms. The first-order valence-corrected chi connectivity index (χ1v) is 17.7. The van der Waals surface area contributed by atoms with Crippen molar-refractivity contribution in [3.63, 3.8) is 0 Å². The van der Waals surface area contributed by atoms with Gasteiger partial charge in [0.05, 0.1) is 18.0 Å². The molecule has 0 aliphatic rings. The molecule has 51 heavy (non-hydrogen) atoms. The molecule has 236 valence electrons. The summed E-state index contributed by atoms with van der Waals surface area (Å²) in [6.45, 7) is 7.58. The molecule has 0 unspecified atom stereocenters.